The zero-order chi connectivity index (χ0) is 10.7. The summed E-state index contributed by atoms with van der Waals surface area (Å²) in [4.78, 5) is 0. The molecule has 0 aliphatic carbocycles. The summed E-state index contributed by atoms with van der Waals surface area (Å²) in [5.74, 6) is 0.348. The number of hydrogen-bond donors (Lipinski definition) is 1. The van der Waals surface area contributed by atoms with Crippen molar-refractivity contribution in [3.63, 3.8) is 0 Å². The van der Waals surface area contributed by atoms with Gasteiger partial charge in [-0.1, -0.05) is 42.3 Å². The molecule has 78 valence electrons. The Labute approximate surface area is 95.2 Å². The van der Waals surface area contributed by atoms with Crippen LogP contribution in [-0.2, 0) is 0 Å². The summed E-state index contributed by atoms with van der Waals surface area (Å²) in [7, 11) is 0. The number of benzene rings is 1. The van der Waals surface area contributed by atoms with Crippen molar-refractivity contribution in [2.24, 2.45) is 5.73 Å². The standard InChI is InChI=1S/C11H15Cl2N/c1-7(6-8(2)14)9-4-3-5-10(12)11(9)13/h3-5,7-8H,6,14H2,1-2H3. The molecule has 0 fully saturated rings. The second kappa shape index (κ2) is 5.01. The lowest BCUT2D eigenvalue weighted by molar-refractivity contribution is 0.586. The van der Waals surface area contributed by atoms with Crippen molar-refractivity contribution < 1.29 is 0 Å². The third kappa shape index (κ3) is 2.88. The van der Waals surface area contributed by atoms with E-state index < -0.39 is 0 Å². The Morgan fingerprint density at radius 3 is 2.50 bits per heavy atom. The molecule has 3 heteroatoms. The van der Waals surface area contributed by atoms with Crippen molar-refractivity contribution in [2.45, 2.75) is 32.2 Å². The van der Waals surface area contributed by atoms with Crippen molar-refractivity contribution in [3.8, 4) is 0 Å². The van der Waals surface area contributed by atoms with E-state index in [0.29, 0.717) is 16.0 Å². The molecule has 0 aliphatic heterocycles. The van der Waals surface area contributed by atoms with E-state index in [0.717, 1.165) is 12.0 Å². The Morgan fingerprint density at radius 2 is 1.93 bits per heavy atom. The Balaban J connectivity index is 2.89. The van der Waals surface area contributed by atoms with E-state index in [1.165, 1.54) is 0 Å². The molecule has 0 spiro atoms. The summed E-state index contributed by atoms with van der Waals surface area (Å²) in [6.07, 6.45) is 0.917. The molecule has 1 rings (SSSR count). The van der Waals surface area contributed by atoms with E-state index in [1.807, 2.05) is 19.1 Å². The first-order valence-corrected chi connectivity index (χ1v) is 5.47. The summed E-state index contributed by atoms with van der Waals surface area (Å²) in [6, 6.07) is 5.90. The largest absolute Gasteiger partial charge is 0.328 e. The molecule has 14 heavy (non-hydrogen) atoms. The van der Waals surface area contributed by atoms with Crippen LogP contribution in [0.1, 0.15) is 31.7 Å². The van der Waals surface area contributed by atoms with Crippen molar-refractivity contribution in [1.82, 2.24) is 0 Å². The van der Waals surface area contributed by atoms with Crippen molar-refractivity contribution in [3.05, 3.63) is 33.8 Å². The van der Waals surface area contributed by atoms with E-state index in [2.05, 4.69) is 6.92 Å². The van der Waals surface area contributed by atoms with Gasteiger partial charge in [-0.2, -0.15) is 0 Å². The van der Waals surface area contributed by atoms with Gasteiger partial charge < -0.3 is 5.73 Å². The fourth-order valence-corrected chi connectivity index (χ4v) is 2.08. The summed E-state index contributed by atoms with van der Waals surface area (Å²) in [6.45, 7) is 4.11. The zero-order valence-corrected chi connectivity index (χ0v) is 9.94. The first-order chi connectivity index (χ1) is 6.52. The Bertz CT molecular complexity index is 310. The van der Waals surface area contributed by atoms with E-state index in [-0.39, 0.29) is 6.04 Å². The van der Waals surface area contributed by atoms with Crippen molar-refractivity contribution >= 4 is 23.2 Å². The fraction of sp³-hybridized carbons (Fsp3) is 0.455. The van der Waals surface area contributed by atoms with E-state index in [1.54, 1.807) is 6.07 Å². The summed E-state index contributed by atoms with van der Waals surface area (Å²) >= 11 is 12.0. The highest BCUT2D eigenvalue weighted by atomic mass is 35.5. The summed E-state index contributed by atoms with van der Waals surface area (Å²) < 4.78 is 0. The smallest absolute Gasteiger partial charge is 0.0626 e. The molecule has 0 bridgehead atoms. The van der Waals surface area contributed by atoms with Gasteiger partial charge >= 0.3 is 0 Å². The van der Waals surface area contributed by atoms with Gasteiger partial charge in [0, 0.05) is 6.04 Å². The van der Waals surface area contributed by atoms with Gasteiger partial charge in [-0.25, -0.2) is 0 Å². The van der Waals surface area contributed by atoms with Crippen LogP contribution in [0.2, 0.25) is 10.0 Å². The van der Waals surface area contributed by atoms with Crippen LogP contribution in [0.4, 0.5) is 0 Å². The topological polar surface area (TPSA) is 26.0 Å². The van der Waals surface area contributed by atoms with E-state index >= 15 is 0 Å². The molecule has 0 radical (unpaired) electrons. The molecular formula is C11H15Cl2N. The number of nitrogens with two attached hydrogens (primary N) is 1. The highest BCUT2D eigenvalue weighted by Crippen LogP contribution is 2.32. The fourth-order valence-electron chi connectivity index (χ4n) is 1.59. The Hall–Kier alpha value is -0.240. The molecule has 0 saturated carbocycles. The van der Waals surface area contributed by atoms with Gasteiger partial charge in [0.05, 0.1) is 10.0 Å². The SMILES string of the molecule is CC(N)CC(C)c1cccc(Cl)c1Cl. The summed E-state index contributed by atoms with van der Waals surface area (Å²) in [5, 5.41) is 1.27. The summed E-state index contributed by atoms with van der Waals surface area (Å²) in [5.41, 5.74) is 6.82. The van der Waals surface area contributed by atoms with Gasteiger partial charge in [-0.15, -0.1) is 0 Å². The second-order valence-electron chi connectivity index (χ2n) is 3.76. The monoisotopic (exact) mass is 231 g/mol. The van der Waals surface area contributed by atoms with Gasteiger partial charge in [-0.3, -0.25) is 0 Å². The van der Waals surface area contributed by atoms with Gasteiger partial charge in [0.25, 0.3) is 0 Å². The van der Waals surface area contributed by atoms with E-state index in [4.69, 9.17) is 28.9 Å². The lowest BCUT2D eigenvalue weighted by Gasteiger charge is -2.16. The van der Waals surface area contributed by atoms with Crippen LogP contribution in [0, 0.1) is 0 Å². The second-order valence-corrected chi connectivity index (χ2v) is 4.54. The van der Waals surface area contributed by atoms with Crippen LogP contribution < -0.4 is 5.73 Å². The first-order valence-electron chi connectivity index (χ1n) is 4.72. The molecule has 2 atom stereocenters. The number of hydrogen-bond acceptors (Lipinski definition) is 1. The van der Waals surface area contributed by atoms with Crippen LogP contribution in [-0.4, -0.2) is 6.04 Å². The highest BCUT2D eigenvalue weighted by molar-refractivity contribution is 6.42. The van der Waals surface area contributed by atoms with Crippen LogP contribution in [0.5, 0.6) is 0 Å². The molecule has 0 aliphatic rings. The van der Waals surface area contributed by atoms with Crippen LogP contribution in [0.25, 0.3) is 0 Å². The maximum absolute atomic E-state index is 6.10. The number of halogens is 2. The third-order valence-corrected chi connectivity index (χ3v) is 3.07. The van der Waals surface area contributed by atoms with Gasteiger partial charge in [-0.05, 0) is 30.9 Å². The molecule has 0 heterocycles. The predicted molar refractivity (Wildman–Crippen MR) is 63.1 cm³/mol. The van der Waals surface area contributed by atoms with Gasteiger partial charge in [0.15, 0.2) is 0 Å². The lowest BCUT2D eigenvalue weighted by Crippen LogP contribution is -2.17. The molecule has 1 nitrogen and oxygen atoms in total. The molecule has 1 aromatic carbocycles. The van der Waals surface area contributed by atoms with Gasteiger partial charge in [0.2, 0.25) is 0 Å². The van der Waals surface area contributed by atoms with Crippen LogP contribution in [0.3, 0.4) is 0 Å². The predicted octanol–water partition coefficient (Wildman–Crippen LogP) is 3.83. The minimum absolute atomic E-state index is 0.181. The number of rotatable bonds is 3. The molecular weight excluding hydrogens is 217 g/mol. The average Bonchev–Trinajstić information content (AvgIpc) is 2.08. The highest BCUT2D eigenvalue weighted by Gasteiger charge is 2.12. The molecule has 0 saturated heterocycles. The molecule has 2 unspecified atom stereocenters. The molecule has 2 N–H and O–H groups in total. The first kappa shape index (κ1) is 11.8. The lowest BCUT2D eigenvalue weighted by atomic mass is 9.95. The Kier molecular flexibility index (Phi) is 4.24. The molecule has 1 aromatic rings. The maximum Gasteiger partial charge on any atom is 0.0626 e. The van der Waals surface area contributed by atoms with Crippen molar-refractivity contribution in [2.75, 3.05) is 0 Å². The maximum atomic E-state index is 6.10. The average molecular weight is 232 g/mol. The quantitative estimate of drug-likeness (QED) is 0.841. The van der Waals surface area contributed by atoms with Crippen molar-refractivity contribution in [1.29, 1.82) is 0 Å². The van der Waals surface area contributed by atoms with Crippen LogP contribution in [0.15, 0.2) is 18.2 Å². The molecule has 0 aromatic heterocycles. The van der Waals surface area contributed by atoms with Gasteiger partial charge in [0.1, 0.15) is 0 Å². The van der Waals surface area contributed by atoms with Crippen LogP contribution >= 0.6 is 23.2 Å². The third-order valence-electron chi connectivity index (χ3n) is 2.24. The minimum Gasteiger partial charge on any atom is -0.328 e. The molecule has 0 amide bonds. The van der Waals surface area contributed by atoms with E-state index in [9.17, 15) is 0 Å². The Morgan fingerprint density at radius 1 is 1.29 bits per heavy atom. The minimum atomic E-state index is 0.181. The normalized spacial score (nSPS) is 15.2. The zero-order valence-electron chi connectivity index (χ0n) is 8.43.